The van der Waals surface area contributed by atoms with Crippen molar-refractivity contribution >= 4 is 5.69 Å². The molecule has 1 aliphatic heterocycles. The average molecular weight is 244 g/mol. The fourth-order valence-electron chi connectivity index (χ4n) is 2.53. The quantitative estimate of drug-likeness (QED) is 0.836. The number of nitrogens with two attached hydrogens (primary N) is 1. The van der Waals surface area contributed by atoms with Gasteiger partial charge in [0.15, 0.2) is 0 Å². The van der Waals surface area contributed by atoms with Crippen LogP contribution in [0.2, 0.25) is 0 Å². The zero-order valence-corrected chi connectivity index (χ0v) is 10.6. The minimum Gasteiger partial charge on any atom is -0.366 e. The molecule has 1 fully saturated rings. The summed E-state index contributed by atoms with van der Waals surface area (Å²) in [5.41, 5.74) is 8.22. The van der Waals surface area contributed by atoms with Crippen molar-refractivity contribution in [3.8, 4) is 6.07 Å². The number of benzene rings is 1. The largest absolute Gasteiger partial charge is 0.366 e. The van der Waals surface area contributed by atoms with E-state index in [0.29, 0.717) is 19.0 Å². The van der Waals surface area contributed by atoms with E-state index in [0.717, 1.165) is 26.1 Å². The molecule has 18 heavy (non-hydrogen) atoms. The van der Waals surface area contributed by atoms with Crippen LogP contribution < -0.4 is 16.0 Å². The fourth-order valence-corrected chi connectivity index (χ4v) is 2.53. The second kappa shape index (κ2) is 6.39. The van der Waals surface area contributed by atoms with E-state index < -0.39 is 0 Å². The molecule has 0 amide bonds. The van der Waals surface area contributed by atoms with Crippen molar-refractivity contribution in [3.63, 3.8) is 0 Å². The standard InChI is InChI=1S/C14H20N4/c15-7-3-5-13-11-17-8-9-18(13)14-6-2-1-4-12(14)10-16/h1-2,4,6,13,17H,3,5,8-11,16H2. The van der Waals surface area contributed by atoms with Crippen LogP contribution in [-0.2, 0) is 6.54 Å². The van der Waals surface area contributed by atoms with Crippen LogP contribution in [0.1, 0.15) is 18.4 Å². The Balaban J connectivity index is 2.19. The Morgan fingerprint density at radius 1 is 1.44 bits per heavy atom. The lowest BCUT2D eigenvalue weighted by atomic mass is 10.0. The van der Waals surface area contributed by atoms with Crippen LogP contribution >= 0.6 is 0 Å². The third-order valence-electron chi connectivity index (χ3n) is 3.46. The summed E-state index contributed by atoms with van der Waals surface area (Å²) in [4.78, 5) is 2.40. The maximum atomic E-state index is 8.75. The molecule has 1 heterocycles. The highest BCUT2D eigenvalue weighted by molar-refractivity contribution is 5.55. The summed E-state index contributed by atoms with van der Waals surface area (Å²) in [7, 11) is 0. The van der Waals surface area contributed by atoms with Gasteiger partial charge in [-0.05, 0) is 18.1 Å². The van der Waals surface area contributed by atoms with Crippen LogP contribution in [0.15, 0.2) is 24.3 Å². The van der Waals surface area contributed by atoms with Crippen molar-refractivity contribution in [2.75, 3.05) is 24.5 Å². The van der Waals surface area contributed by atoms with E-state index in [4.69, 9.17) is 11.0 Å². The van der Waals surface area contributed by atoms with E-state index in [1.54, 1.807) is 0 Å². The highest BCUT2D eigenvalue weighted by Crippen LogP contribution is 2.24. The first-order valence-electron chi connectivity index (χ1n) is 6.49. The van der Waals surface area contributed by atoms with Gasteiger partial charge in [0.1, 0.15) is 0 Å². The zero-order chi connectivity index (χ0) is 12.8. The number of anilines is 1. The SMILES string of the molecule is N#CCCC1CNCCN1c1ccccc1CN. The molecule has 0 aliphatic carbocycles. The van der Waals surface area contributed by atoms with Crippen molar-refractivity contribution in [1.82, 2.24) is 5.32 Å². The molecule has 96 valence electrons. The molecule has 1 aromatic rings. The van der Waals surface area contributed by atoms with Crippen molar-refractivity contribution in [3.05, 3.63) is 29.8 Å². The number of nitriles is 1. The van der Waals surface area contributed by atoms with Gasteiger partial charge >= 0.3 is 0 Å². The van der Waals surface area contributed by atoms with E-state index in [-0.39, 0.29) is 0 Å². The van der Waals surface area contributed by atoms with Gasteiger partial charge in [-0.3, -0.25) is 0 Å². The van der Waals surface area contributed by atoms with Gasteiger partial charge < -0.3 is 16.0 Å². The van der Waals surface area contributed by atoms with Crippen molar-refractivity contribution in [1.29, 1.82) is 5.26 Å². The lowest BCUT2D eigenvalue weighted by Gasteiger charge is -2.38. The van der Waals surface area contributed by atoms with Crippen molar-refractivity contribution in [2.24, 2.45) is 5.73 Å². The molecule has 3 N–H and O–H groups in total. The van der Waals surface area contributed by atoms with E-state index in [1.165, 1.54) is 11.3 Å². The van der Waals surface area contributed by atoms with Gasteiger partial charge in [0.2, 0.25) is 0 Å². The predicted octanol–water partition coefficient (Wildman–Crippen LogP) is 1.23. The van der Waals surface area contributed by atoms with Crippen LogP contribution in [-0.4, -0.2) is 25.7 Å². The molecule has 4 nitrogen and oxygen atoms in total. The smallest absolute Gasteiger partial charge is 0.0622 e. The number of hydrogen-bond donors (Lipinski definition) is 2. The Bertz CT molecular complexity index is 424. The van der Waals surface area contributed by atoms with E-state index in [2.05, 4.69) is 34.5 Å². The van der Waals surface area contributed by atoms with E-state index >= 15 is 0 Å². The van der Waals surface area contributed by atoms with Crippen molar-refractivity contribution in [2.45, 2.75) is 25.4 Å². The van der Waals surface area contributed by atoms with Gasteiger partial charge in [-0.25, -0.2) is 0 Å². The van der Waals surface area contributed by atoms with Crippen LogP contribution in [0.3, 0.4) is 0 Å². The van der Waals surface area contributed by atoms with Gasteiger partial charge in [0.05, 0.1) is 6.07 Å². The molecular weight excluding hydrogens is 224 g/mol. The summed E-state index contributed by atoms with van der Waals surface area (Å²) < 4.78 is 0. The predicted molar refractivity (Wildman–Crippen MR) is 73.2 cm³/mol. The van der Waals surface area contributed by atoms with Crippen LogP contribution in [0, 0.1) is 11.3 Å². The molecule has 0 saturated carbocycles. The summed E-state index contributed by atoms with van der Waals surface area (Å²) in [6.07, 6.45) is 1.51. The second-order valence-corrected chi connectivity index (χ2v) is 4.58. The molecule has 0 spiro atoms. The van der Waals surface area contributed by atoms with Gasteiger partial charge in [-0.1, -0.05) is 18.2 Å². The third kappa shape index (κ3) is 2.81. The highest BCUT2D eigenvalue weighted by Gasteiger charge is 2.23. The summed E-state index contributed by atoms with van der Waals surface area (Å²) in [6, 6.07) is 10.9. The second-order valence-electron chi connectivity index (χ2n) is 4.58. The summed E-state index contributed by atoms with van der Waals surface area (Å²) in [6.45, 7) is 3.47. The molecule has 0 aromatic heterocycles. The first-order chi connectivity index (χ1) is 8.86. The summed E-state index contributed by atoms with van der Waals surface area (Å²) in [5, 5.41) is 12.1. The first-order valence-corrected chi connectivity index (χ1v) is 6.49. The molecule has 4 heteroatoms. The molecule has 1 aromatic carbocycles. The van der Waals surface area contributed by atoms with Crippen LogP contribution in [0.25, 0.3) is 0 Å². The zero-order valence-electron chi connectivity index (χ0n) is 10.6. The summed E-state index contributed by atoms with van der Waals surface area (Å²) >= 11 is 0. The average Bonchev–Trinajstić information content (AvgIpc) is 2.45. The monoisotopic (exact) mass is 244 g/mol. The molecule has 1 aliphatic rings. The van der Waals surface area contributed by atoms with Crippen LogP contribution in [0.5, 0.6) is 0 Å². The third-order valence-corrected chi connectivity index (χ3v) is 3.46. The number of hydrogen-bond acceptors (Lipinski definition) is 4. The van der Waals surface area contributed by atoms with Gasteiger partial charge in [-0.2, -0.15) is 5.26 Å². The number of nitrogens with one attached hydrogen (secondary N) is 1. The minimum absolute atomic E-state index is 0.395. The highest BCUT2D eigenvalue weighted by atomic mass is 15.2. The molecule has 2 rings (SSSR count). The Hall–Kier alpha value is -1.57. The van der Waals surface area contributed by atoms with Crippen LogP contribution in [0.4, 0.5) is 5.69 Å². The molecule has 0 bridgehead atoms. The fraction of sp³-hybridized carbons (Fsp3) is 0.500. The minimum atomic E-state index is 0.395. The molecule has 1 atom stereocenters. The molecule has 1 unspecified atom stereocenters. The topological polar surface area (TPSA) is 65.1 Å². The Labute approximate surface area is 108 Å². The molecular formula is C14H20N4. The van der Waals surface area contributed by atoms with E-state index in [1.807, 2.05) is 6.07 Å². The Kier molecular flexibility index (Phi) is 4.57. The maximum Gasteiger partial charge on any atom is 0.0622 e. The summed E-state index contributed by atoms with van der Waals surface area (Å²) in [5.74, 6) is 0. The number of piperazine rings is 1. The molecule has 0 radical (unpaired) electrons. The lowest BCUT2D eigenvalue weighted by molar-refractivity contribution is 0.456. The Morgan fingerprint density at radius 2 is 2.28 bits per heavy atom. The van der Waals surface area contributed by atoms with Crippen molar-refractivity contribution < 1.29 is 0 Å². The van der Waals surface area contributed by atoms with Gasteiger partial charge in [0, 0.05) is 44.3 Å². The normalized spacial score (nSPS) is 19.6. The Morgan fingerprint density at radius 3 is 3.06 bits per heavy atom. The number of para-hydroxylation sites is 1. The van der Waals surface area contributed by atoms with E-state index in [9.17, 15) is 0 Å². The molecule has 1 saturated heterocycles. The van der Waals surface area contributed by atoms with Gasteiger partial charge in [0.25, 0.3) is 0 Å². The lowest BCUT2D eigenvalue weighted by Crippen LogP contribution is -2.51. The first kappa shape index (κ1) is 12.9. The number of nitrogens with zero attached hydrogens (tertiary/aromatic N) is 2. The van der Waals surface area contributed by atoms with Gasteiger partial charge in [-0.15, -0.1) is 0 Å². The maximum absolute atomic E-state index is 8.75. The number of rotatable bonds is 4.